The number of benzene rings is 2. The van der Waals surface area contributed by atoms with Gasteiger partial charge in [0.15, 0.2) is 0 Å². The smallest absolute Gasteiger partial charge is 0.409 e. The topological polar surface area (TPSA) is 98.7 Å². The average Bonchev–Trinajstić information content (AvgIpc) is 2.42. The van der Waals surface area contributed by atoms with Gasteiger partial charge in [0.1, 0.15) is 0 Å². The Morgan fingerprint density at radius 2 is 1.14 bits per heavy atom. The summed E-state index contributed by atoms with van der Waals surface area (Å²) < 4.78 is 0. The van der Waals surface area contributed by atoms with Gasteiger partial charge in [0.25, 0.3) is 0 Å². The molecule has 6 nitrogen and oxygen atoms in total. The molecule has 0 atom stereocenters. The van der Waals surface area contributed by atoms with Crippen LogP contribution in [0.5, 0.6) is 0 Å². The molecule has 0 fully saturated rings. The van der Waals surface area contributed by atoms with E-state index in [2.05, 4.69) is 10.6 Å². The van der Waals surface area contributed by atoms with Crippen LogP contribution in [0.2, 0.25) is 0 Å². The molecule has 2 rings (SSSR count). The van der Waals surface area contributed by atoms with E-state index in [9.17, 15) is 9.59 Å². The van der Waals surface area contributed by atoms with Gasteiger partial charge in [-0.05, 0) is 60.4 Å². The summed E-state index contributed by atoms with van der Waals surface area (Å²) in [7, 11) is 0. The molecular formula is C16H16N2O4. The first-order chi connectivity index (χ1) is 10.4. The van der Waals surface area contributed by atoms with Gasteiger partial charge >= 0.3 is 12.2 Å². The Balaban J connectivity index is 2.32. The average molecular weight is 300 g/mol. The standard InChI is InChI=1S/C16H16N2O4/c1-9-7-11(3-5-13(9)17-15(19)20)12-4-6-14(10(2)8-12)18-16(21)22/h3-8,17-18H,1-2H3,(H,19,20)(H,21,22). The lowest BCUT2D eigenvalue weighted by atomic mass is 10.00. The summed E-state index contributed by atoms with van der Waals surface area (Å²) in [5.41, 5.74) is 4.56. The van der Waals surface area contributed by atoms with Gasteiger partial charge in [-0.3, -0.25) is 10.6 Å². The summed E-state index contributed by atoms with van der Waals surface area (Å²) in [5, 5.41) is 22.2. The second kappa shape index (κ2) is 6.17. The zero-order valence-electron chi connectivity index (χ0n) is 12.2. The van der Waals surface area contributed by atoms with Crippen molar-refractivity contribution in [1.29, 1.82) is 0 Å². The fourth-order valence-corrected chi connectivity index (χ4v) is 2.20. The van der Waals surface area contributed by atoms with Gasteiger partial charge in [0.2, 0.25) is 0 Å². The lowest BCUT2D eigenvalue weighted by molar-refractivity contribution is 0.208. The molecule has 6 heteroatoms. The number of aryl methyl sites for hydroxylation is 2. The number of anilines is 2. The first-order valence-corrected chi connectivity index (χ1v) is 6.58. The third-order valence-corrected chi connectivity index (χ3v) is 3.27. The number of rotatable bonds is 3. The Labute approximate surface area is 127 Å². The van der Waals surface area contributed by atoms with Crippen molar-refractivity contribution < 1.29 is 19.8 Å². The van der Waals surface area contributed by atoms with Crippen LogP contribution in [0.15, 0.2) is 36.4 Å². The molecule has 0 heterocycles. The highest BCUT2D eigenvalue weighted by molar-refractivity contribution is 5.86. The molecule has 114 valence electrons. The Kier molecular flexibility index (Phi) is 4.31. The number of nitrogens with one attached hydrogen (secondary N) is 2. The predicted molar refractivity (Wildman–Crippen MR) is 84.6 cm³/mol. The van der Waals surface area contributed by atoms with Gasteiger partial charge in [-0.25, -0.2) is 9.59 Å². The number of hydrogen-bond acceptors (Lipinski definition) is 2. The molecule has 0 spiro atoms. The Morgan fingerprint density at radius 1 is 0.773 bits per heavy atom. The number of amides is 2. The normalized spacial score (nSPS) is 10.1. The monoisotopic (exact) mass is 300 g/mol. The molecule has 2 aromatic carbocycles. The molecule has 2 aromatic rings. The third-order valence-electron chi connectivity index (χ3n) is 3.27. The van der Waals surface area contributed by atoms with E-state index in [-0.39, 0.29) is 0 Å². The van der Waals surface area contributed by atoms with Crippen LogP contribution in [0.1, 0.15) is 11.1 Å². The van der Waals surface area contributed by atoms with Crippen LogP contribution in [0, 0.1) is 13.8 Å². The molecule has 2 amide bonds. The molecule has 0 radical (unpaired) electrons. The highest BCUT2D eigenvalue weighted by atomic mass is 16.4. The van der Waals surface area contributed by atoms with Gasteiger partial charge in [0, 0.05) is 11.4 Å². The second-order valence-corrected chi connectivity index (χ2v) is 4.92. The van der Waals surface area contributed by atoms with Crippen LogP contribution >= 0.6 is 0 Å². The van der Waals surface area contributed by atoms with Crippen LogP contribution in [0.4, 0.5) is 21.0 Å². The Hall–Kier alpha value is -3.02. The molecule has 22 heavy (non-hydrogen) atoms. The van der Waals surface area contributed by atoms with Crippen molar-refractivity contribution in [2.75, 3.05) is 10.6 Å². The van der Waals surface area contributed by atoms with Crippen molar-refractivity contribution in [1.82, 2.24) is 0 Å². The zero-order chi connectivity index (χ0) is 16.3. The van der Waals surface area contributed by atoms with E-state index in [1.54, 1.807) is 12.1 Å². The van der Waals surface area contributed by atoms with E-state index in [4.69, 9.17) is 10.2 Å². The van der Waals surface area contributed by atoms with E-state index in [1.807, 2.05) is 38.1 Å². The van der Waals surface area contributed by atoms with Gasteiger partial charge < -0.3 is 10.2 Å². The second-order valence-electron chi connectivity index (χ2n) is 4.92. The van der Waals surface area contributed by atoms with E-state index in [0.717, 1.165) is 22.3 Å². The number of carbonyl (C=O) groups is 2. The van der Waals surface area contributed by atoms with Crippen LogP contribution < -0.4 is 10.6 Å². The van der Waals surface area contributed by atoms with Crippen molar-refractivity contribution in [3.8, 4) is 11.1 Å². The highest BCUT2D eigenvalue weighted by Gasteiger charge is 2.07. The van der Waals surface area contributed by atoms with E-state index >= 15 is 0 Å². The van der Waals surface area contributed by atoms with Crippen LogP contribution in [-0.2, 0) is 0 Å². The highest BCUT2D eigenvalue weighted by Crippen LogP contribution is 2.28. The molecule has 0 unspecified atom stereocenters. The van der Waals surface area contributed by atoms with Gasteiger partial charge in [-0.1, -0.05) is 12.1 Å². The van der Waals surface area contributed by atoms with Crippen LogP contribution in [0.3, 0.4) is 0 Å². The quantitative estimate of drug-likeness (QED) is 0.684. The van der Waals surface area contributed by atoms with Crippen molar-refractivity contribution in [2.24, 2.45) is 0 Å². The molecule has 0 saturated carbocycles. The zero-order valence-corrected chi connectivity index (χ0v) is 12.2. The lowest BCUT2D eigenvalue weighted by Gasteiger charge is -2.11. The summed E-state index contributed by atoms with van der Waals surface area (Å²) in [5.74, 6) is 0. The minimum atomic E-state index is -1.10. The fraction of sp³-hybridized carbons (Fsp3) is 0.125. The maximum Gasteiger partial charge on any atom is 0.409 e. The lowest BCUT2D eigenvalue weighted by Crippen LogP contribution is -2.08. The first-order valence-electron chi connectivity index (χ1n) is 6.58. The van der Waals surface area contributed by atoms with Crippen LogP contribution in [-0.4, -0.2) is 22.4 Å². The Morgan fingerprint density at radius 3 is 1.41 bits per heavy atom. The molecular weight excluding hydrogens is 284 g/mol. The number of hydrogen-bond donors (Lipinski definition) is 4. The van der Waals surface area contributed by atoms with Crippen molar-refractivity contribution >= 4 is 23.6 Å². The summed E-state index contributed by atoms with van der Waals surface area (Å²) in [6.07, 6.45) is -2.20. The fourth-order valence-electron chi connectivity index (χ4n) is 2.20. The molecule has 0 aliphatic rings. The van der Waals surface area contributed by atoms with Gasteiger partial charge in [0.05, 0.1) is 0 Å². The summed E-state index contributed by atoms with van der Waals surface area (Å²) >= 11 is 0. The minimum Gasteiger partial charge on any atom is -0.465 e. The predicted octanol–water partition coefficient (Wildman–Crippen LogP) is 4.15. The molecule has 0 saturated heterocycles. The van der Waals surface area contributed by atoms with E-state index in [0.29, 0.717) is 11.4 Å². The Bertz CT molecular complexity index is 677. The largest absolute Gasteiger partial charge is 0.465 e. The maximum atomic E-state index is 10.7. The van der Waals surface area contributed by atoms with Crippen LogP contribution in [0.25, 0.3) is 11.1 Å². The summed E-state index contributed by atoms with van der Waals surface area (Å²) in [6, 6.07) is 10.8. The van der Waals surface area contributed by atoms with Gasteiger partial charge in [-0.2, -0.15) is 0 Å². The molecule has 0 aromatic heterocycles. The van der Waals surface area contributed by atoms with Crippen molar-refractivity contribution in [2.45, 2.75) is 13.8 Å². The summed E-state index contributed by atoms with van der Waals surface area (Å²) in [6.45, 7) is 3.64. The SMILES string of the molecule is Cc1cc(-c2ccc(NC(=O)O)c(C)c2)ccc1NC(=O)O. The van der Waals surface area contributed by atoms with Crippen molar-refractivity contribution in [3.63, 3.8) is 0 Å². The molecule has 0 bridgehead atoms. The van der Waals surface area contributed by atoms with E-state index in [1.165, 1.54) is 0 Å². The minimum absolute atomic E-state index is 0.539. The van der Waals surface area contributed by atoms with E-state index < -0.39 is 12.2 Å². The number of carboxylic acid groups (broad SMARTS) is 2. The third kappa shape index (κ3) is 3.54. The molecule has 0 aliphatic carbocycles. The summed E-state index contributed by atoms with van der Waals surface area (Å²) in [4.78, 5) is 21.4. The first kappa shape index (κ1) is 15.4. The maximum absolute atomic E-state index is 10.7. The van der Waals surface area contributed by atoms with Gasteiger partial charge in [-0.15, -0.1) is 0 Å². The molecule has 0 aliphatic heterocycles. The molecule has 4 N–H and O–H groups in total. The van der Waals surface area contributed by atoms with Crippen molar-refractivity contribution in [3.05, 3.63) is 47.5 Å².